The van der Waals surface area contributed by atoms with Crippen LogP contribution in [0.4, 0.5) is 0 Å². The minimum Gasteiger partial charge on any atom is -0.312 e. The molecule has 0 N–H and O–H groups in total. The summed E-state index contributed by atoms with van der Waals surface area (Å²) in [7, 11) is 2.18. The third-order valence-electron chi connectivity index (χ3n) is 3.66. The highest BCUT2D eigenvalue weighted by atomic mass is 16.1. The summed E-state index contributed by atoms with van der Waals surface area (Å²) in [4.78, 5) is 14.1. The van der Waals surface area contributed by atoms with Crippen molar-refractivity contribution in [1.29, 1.82) is 0 Å². The Kier molecular flexibility index (Phi) is 1.96. The highest BCUT2D eigenvalue weighted by molar-refractivity contribution is 5.16. The molecule has 0 saturated carbocycles. The predicted octanol–water partition coefficient (Wildman–Crippen LogP) is 0.897. The van der Waals surface area contributed by atoms with Crippen molar-refractivity contribution >= 4 is 0 Å². The molecule has 0 amide bonds. The van der Waals surface area contributed by atoms with E-state index in [1.54, 1.807) is 6.07 Å². The number of nitrogens with zero attached hydrogens (tertiary/aromatic N) is 2. The number of piperidine rings is 1. The van der Waals surface area contributed by atoms with E-state index in [9.17, 15) is 4.79 Å². The number of pyridine rings is 1. The van der Waals surface area contributed by atoms with E-state index in [2.05, 4.69) is 18.0 Å². The smallest absolute Gasteiger partial charge is 0.250 e. The third-order valence-corrected chi connectivity index (χ3v) is 3.66. The lowest BCUT2D eigenvalue weighted by molar-refractivity contribution is 0.145. The standard InChI is InChI=1S/C12H16N2O/c1-13-6-9-5-10(8-13)11-3-2-4-12(15)14(11)7-9/h2-4,9-10H,5-8H2,1H3/t9-,10-/m0/s1. The van der Waals surface area contributed by atoms with Crippen molar-refractivity contribution in [1.82, 2.24) is 9.47 Å². The summed E-state index contributed by atoms with van der Waals surface area (Å²) in [6, 6.07) is 5.68. The average molecular weight is 204 g/mol. The first-order chi connectivity index (χ1) is 7.24. The quantitative estimate of drug-likeness (QED) is 0.627. The normalized spacial score (nSPS) is 29.9. The lowest BCUT2D eigenvalue weighted by Crippen LogP contribution is -2.45. The van der Waals surface area contributed by atoms with Gasteiger partial charge in [0.25, 0.3) is 5.56 Å². The van der Waals surface area contributed by atoms with Gasteiger partial charge in [0.1, 0.15) is 0 Å². The molecule has 2 atom stereocenters. The molecule has 80 valence electrons. The van der Waals surface area contributed by atoms with Gasteiger partial charge in [-0.1, -0.05) is 6.07 Å². The van der Waals surface area contributed by atoms with Crippen molar-refractivity contribution < 1.29 is 0 Å². The molecule has 0 aromatic carbocycles. The molecule has 2 bridgehead atoms. The SMILES string of the molecule is CN1C[C@@H]2C[C@@H](C1)c1cccc(=O)n1C2. The van der Waals surface area contributed by atoms with Crippen LogP contribution in [-0.4, -0.2) is 29.6 Å². The Morgan fingerprint density at radius 3 is 3.00 bits per heavy atom. The van der Waals surface area contributed by atoms with Crippen LogP contribution in [0.5, 0.6) is 0 Å². The van der Waals surface area contributed by atoms with Gasteiger partial charge in [-0.05, 0) is 25.5 Å². The molecule has 15 heavy (non-hydrogen) atoms. The van der Waals surface area contributed by atoms with E-state index in [4.69, 9.17) is 0 Å². The van der Waals surface area contributed by atoms with Crippen LogP contribution in [-0.2, 0) is 6.54 Å². The minimum absolute atomic E-state index is 0.173. The van der Waals surface area contributed by atoms with E-state index in [1.165, 1.54) is 12.1 Å². The van der Waals surface area contributed by atoms with E-state index >= 15 is 0 Å². The van der Waals surface area contributed by atoms with Gasteiger partial charge in [-0.15, -0.1) is 0 Å². The Bertz CT molecular complexity index is 437. The maximum absolute atomic E-state index is 11.7. The zero-order valence-corrected chi connectivity index (χ0v) is 9.02. The maximum Gasteiger partial charge on any atom is 0.250 e. The Balaban J connectivity index is 2.10. The summed E-state index contributed by atoms with van der Waals surface area (Å²) in [5.74, 6) is 1.23. The zero-order chi connectivity index (χ0) is 10.4. The number of aromatic nitrogens is 1. The Morgan fingerprint density at radius 1 is 1.27 bits per heavy atom. The van der Waals surface area contributed by atoms with Crippen LogP contribution in [0, 0.1) is 5.92 Å². The lowest BCUT2D eigenvalue weighted by atomic mass is 9.83. The fourth-order valence-corrected chi connectivity index (χ4v) is 3.14. The second-order valence-corrected chi connectivity index (χ2v) is 4.92. The van der Waals surface area contributed by atoms with Gasteiger partial charge in [-0.3, -0.25) is 4.79 Å². The van der Waals surface area contributed by atoms with Gasteiger partial charge >= 0.3 is 0 Å². The molecule has 1 aromatic rings. The highest BCUT2D eigenvalue weighted by Gasteiger charge is 2.32. The molecular weight excluding hydrogens is 188 g/mol. The van der Waals surface area contributed by atoms with Gasteiger partial charge in [0, 0.05) is 37.3 Å². The zero-order valence-electron chi connectivity index (χ0n) is 9.02. The molecule has 2 aliphatic rings. The molecule has 1 saturated heterocycles. The van der Waals surface area contributed by atoms with Gasteiger partial charge in [0.05, 0.1) is 0 Å². The maximum atomic E-state index is 11.7. The molecular formula is C12H16N2O. The number of rotatable bonds is 0. The summed E-state index contributed by atoms with van der Waals surface area (Å²) in [6.07, 6.45) is 1.26. The van der Waals surface area contributed by atoms with Crippen LogP contribution in [0.15, 0.2) is 23.0 Å². The van der Waals surface area contributed by atoms with Crippen LogP contribution in [0.1, 0.15) is 18.0 Å². The molecule has 3 heteroatoms. The summed E-state index contributed by atoms with van der Waals surface area (Å²) in [5.41, 5.74) is 1.41. The number of likely N-dealkylation sites (tertiary alicyclic amines) is 1. The summed E-state index contributed by atoms with van der Waals surface area (Å²) < 4.78 is 1.98. The number of fused-ring (bicyclic) bond motifs is 4. The van der Waals surface area contributed by atoms with E-state index in [0.29, 0.717) is 11.8 Å². The fraction of sp³-hybridized carbons (Fsp3) is 0.583. The van der Waals surface area contributed by atoms with E-state index in [0.717, 1.165) is 19.6 Å². The molecule has 1 fully saturated rings. The number of hydrogen-bond acceptors (Lipinski definition) is 2. The fourth-order valence-electron chi connectivity index (χ4n) is 3.14. The number of likely N-dealkylation sites (N-methyl/N-ethyl adjacent to an activating group) is 1. The Morgan fingerprint density at radius 2 is 2.13 bits per heavy atom. The molecule has 0 radical (unpaired) electrons. The Hall–Kier alpha value is -1.09. The molecule has 0 spiro atoms. The molecule has 0 aliphatic carbocycles. The van der Waals surface area contributed by atoms with Crippen molar-refractivity contribution in [2.75, 3.05) is 20.1 Å². The van der Waals surface area contributed by atoms with Crippen LogP contribution >= 0.6 is 0 Å². The minimum atomic E-state index is 0.173. The summed E-state index contributed by atoms with van der Waals surface area (Å²) in [6.45, 7) is 3.15. The third kappa shape index (κ3) is 1.42. The first kappa shape index (κ1) is 9.16. The van der Waals surface area contributed by atoms with Crippen LogP contribution in [0.25, 0.3) is 0 Å². The molecule has 3 rings (SSSR count). The van der Waals surface area contributed by atoms with Crippen molar-refractivity contribution in [3.63, 3.8) is 0 Å². The van der Waals surface area contributed by atoms with E-state index in [-0.39, 0.29) is 5.56 Å². The number of hydrogen-bond donors (Lipinski definition) is 0. The van der Waals surface area contributed by atoms with Crippen molar-refractivity contribution in [3.05, 3.63) is 34.2 Å². The molecule has 3 heterocycles. The van der Waals surface area contributed by atoms with E-state index in [1.807, 2.05) is 10.6 Å². The Labute approximate surface area is 89.3 Å². The van der Waals surface area contributed by atoms with Gasteiger partial charge in [-0.25, -0.2) is 0 Å². The first-order valence-electron chi connectivity index (χ1n) is 5.62. The van der Waals surface area contributed by atoms with Gasteiger partial charge in [-0.2, -0.15) is 0 Å². The molecule has 2 aliphatic heterocycles. The van der Waals surface area contributed by atoms with Crippen molar-refractivity contribution in [2.45, 2.75) is 18.9 Å². The van der Waals surface area contributed by atoms with Crippen LogP contribution < -0.4 is 5.56 Å². The predicted molar refractivity (Wildman–Crippen MR) is 59.0 cm³/mol. The average Bonchev–Trinajstić information content (AvgIpc) is 2.19. The van der Waals surface area contributed by atoms with Crippen LogP contribution in [0.2, 0.25) is 0 Å². The molecule has 1 aromatic heterocycles. The first-order valence-corrected chi connectivity index (χ1v) is 5.62. The van der Waals surface area contributed by atoms with Gasteiger partial charge in [0.15, 0.2) is 0 Å². The second-order valence-electron chi connectivity index (χ2n) is 4.92. The van der Waals surface area contributed by atoms with E-state index < -0.39 is 0 Å². The largest absolute Gasteiger partial charge is 0.312 e. The topological polar surface area (TPSA) is 25.2 Å². The lowest BCUT2D eigenvalue weighted by Gasteiger charge is -2.41. The summed E-state index contributed by atoms with van der Waals surface area (Å²) in [5, 5.41) is 0. The molecule has 0 unspecified atom stereocenters. The van der Waals surface area contributed by atoms with Crippen molar-refractivity contribution in [3.8, 4) is 0 Å². The highest BCUT2D eigenvalue weighted by Crippen LogP contribution is 2.33. The van der Waals surface area contributed by atoms with Gasteiger partial charge < -0.3 is 9.47 Å². The monoisotopic (exact) mass is 204 g/mol. The van der Waals surface area contributed by atoms with Crippen LogP contribution in [0.3, 0.4) is 0 Å². The van der Waals surface area contributed by atoms with Crippen molar-refractivity contribution in [2.24, 2.45) is 5.92 Å². The summed E-state index contributed by atoms with van der Waals surface area (Å²) >= 11 is 0. The van der Waals surface area contributed by atoms with Gasteiger partial charge in [0.2, 0.25) is 0 Å². The molecule has 3 nitrogen and oxygen atoms in total. The second kappa shape index (κ2) is 3.20.